The van der Waals surface area contributed by atoms with Crippen molar-refractivity contribution >= 4 is 27.3 Å². The zero-order valence-corrected chi connectivity index (χ0v) is 17.9. The smallest absolute Gasteiger partial charge is 0.259 e. The number of fused-ring (bicyclic) bond motifs is 1. The van der Waals surface area contributed by atoms with E-state index < -0.39 is 10.0 Å². The maximum Gasteiger partial charge on any atom is 0.259 e. The molecular weight excluding hydrogens is 408 g/mol. The Labute approximate surface area is 176 Å². The van der Waals surface area contributed by atoms with E-state index in [4.69, 9.17) is 11.6 Å². The average molecular weight is 431 g/mol. The van der Waals surface area contributed by atoms with Gasteiger partial charge in [-0.05, 0) is 42.7 Å². The zero-order chi connectivity index (χ0) is 20.6. The third-order valence-electron chi connectivity index (χ3n) is 5.19. The topological polar surface area (TPSA) is 67.2 Å². The molecule has 0 aliphatic carbocycles. The van der Waals surface area contributed by atoms with Gasteiger partial charge in [0.1, 0.15) is 5.82 Å². The average Bonchev–Trinajstić information content (AvgIpc) is 3.01. The normalized spacial score (nSPS) is 16.7. The van der Waals surface area contributed by atoms with Crippen LogP contribution in [0.4, 0.5) is 5.69 Å². The van der Waals surface area contributed by atoms with E-state index >= 15 is 0 Å². The van der Waals surface area contributed by atoms with Gasteiger partial charge in [-0.25, -0.2) is 18.1 Å². The van der Waals surface area contributed by atoms with E-state index in [1.165, 1.54) is 6.20 Å². The Morgan fingerprint density at radius 3 is 2.66 bits per heavy atom. The van der Waals surface area contributed by atoms with Gasteiger partial charge in [0.05, 0.1) is 0 Å². The van der Waals surface area contributed by atoms with Crippen molar-refractivity contribution in [2.45, 2.75) is 31.0 Å². The Hall–Kier alpha value is -2.35. The minimum Gasteiger partial charge on any atom is -0.365 e. The Morgan fingerprint density at radius 1 is 1.21 bits per heavy atom. The van der Waals surface area contributed by atoms with Crippen LogP contribution in [-0.2, 0) is 30.0 Å². The van der Waals surface area contributed by atoms with Crippen molar-refractivity contribution < 1.29 is 8.42 Å². The number of rotatable bonds is 5. The number of hydrogen-bond acceptors (Lipinski definition) is 4. The van der Waals surface area contributed by atoms with Gasteiger partial charge in [0.15, 0.2) is 5.03 Å². The molecule has 6 nitrogen and oxygen atoms in total. The van der Waals surface area contributed by atoms with E-state index in [1.54, 1.807) is 18.5 Å². The van der Waals surface area contributed by atoms with E-state index in [0.29, 0.717) is 30.4 Å². The van der Waals surface area contributed by atoms with Crippen molar-refractivity contribution in [3.63, 3.8) is 0 Å². The van der Waals surface area contributed by atoms with Crippen molar-refractivity contribution in [2.75, 3.05) is 11.4 Å². The molecule has 2 aromatic carbocycles. The van der Waals surface area contributed by atoms with Gasteiger partial charge in [-0.1, -0.05) is 41.9 Å². The van der Waals surface area contributed by atoms with Crippen LogP contribution in [0.3, 0.4) is 0 Å². The number of imidazole rings is 1. The molecule has 0 fully saturated rings. The highest BCUT2D eigenvalue weighted by molar-refractivity contribution is 7.89. The largest absolute Gasteiger partial charge is 0.365 e. The SMILES string of the molecule is Cc1nc(S(=O)(=O)NC2Cc3cc(Cl)ccc3N(Cc3ccccc3)C2)cn1C. The summed E-state index contributed by atoms with van der Waals surface area (Å²) in [6.07, 6.45) is 2.11. The molecule has 3 aromatic rings. The number of anilines is 1. The fourth-order valence-electron chi connectivity index (χ4n) is 3.69. The lowest BCUT2D eigenvalue weighted by molar-refractivity contribution is 0.522. The highest BCUT2D eigenvalue weighted by Gasteiger charge is 2.29. The Kier molecular flexibility index (Phi) is 5.38. The summed E-state index contributed by atoms with van der Waals surface area (Å²) in [5.74, 6) is 0.650. The zero-order valence-electron chi connectivity index (χ0n) is 16.3. The molecule has 0 radical (unpaired) electrons. The van der Waals surface area contributed by atoms with Gasteiger partial charge in [0.25, 0.3) is 10.0 Å². The van der Waals surface area contributed by atoms with E-state index in [1.807, 2.05) is 36.4 Å². The molecule has 0 spiro atoms. The minimum atomic E-state index is -3.71. The number of nitrogens with zero attached hydrogens (tertiary/aromatic N) is 3. The molecule has 0 amide bonds. The minimum absolute atomic E-state index is 0.0454. The van der Waals surface area contributed by atoms with Crippen LogP contribution in [0.5, 0.6) is 0 Å². The number of aromatic nitrogens is 2. The highest BCUT2D eigenvalue weighted by atomic mass is 35.5. The standard InChI is InChI=1S/C21H23ClN4O2S/c1-15-23-21(14-25(15)2)29(27,28)24-19-11-17-10-18(22)8-9-20(17)26(13-19)12-16-6-4-3-5-7-16/h3-10,14,19,24H,11-13H2,1-2H3. The molecule has 0 bridgehead atoms. The molecular formula is C21H23ClN4O2S. The first-order valence-corrected chi connectivity index (χ1v) is 11.3. The van der Waals surface area contributed by atoms with Crippen LogP contribution in [0.1, 0.15) is 17.0 Å². The molecule has 4 rings (SSSR count). The van der Waals surface area contributed by atoms with E-state index in [0.717, 1.165) is 16.8 Å². The molecule has 1 aliphatic rings. The van der Waals surface area contributed by atoms with E-state index in [2.05, 4.69) is 26.7 Å². The maximum atomic E-state index is 12.9. The molecule has 0 saturated carbocycles. The van der Waals surface area contributed by atoms with Crippen LogP contribution in [0.15, 0.2) is 59.8 Å². The molecule has 152 valence electrons. The number of nitrogens with one attached hydrogen (secondary N) is 1. The second-order valence-corrected chi connectivity index (χ2v) is 9.50. The fourth-order valence-corrected chi connectivity index (χ4v) is 5.15. The van der Waals surface area contributed by atoms with E-state index in [9.17, 15) is 8.42 Å². The molecule has 8 heteroatoms. The summed E-state index contributed by atoms with van der Waals surface area (Å²) >= 11 is 6.21. The van der Waals surface area contributed by atoms with Crippen molar-refractivity contribution in [1.82, 2.24) is 14.3 Å². The molecule has 1 aliphatic heterocycles. The van der Waals surface area contributed by atoms with Gasteiger partial charge in [0.2, 0.25) is 0 Å². The predicted octanol–water partition coefficient (Wildman–Crippen LogP) is 3.29. The van der Waals surface area contributed by atoms with Crippen LogP contribution < -0.4 is 9.62 Å². The molecule has 0 saturated heterocycles. The molecule has 1 atom stereocenters. The first-order chi connectivity index (χ1) is 13.8. The number of sulfonamides is 1. The van der Waals surface area contributed by atoms with Crippen LogP contribution >= 0.6 is 11.6 Å². The van der Waals surface area contributed by atoms with Gasteiger partial charge in [-0.15, -0.1) is 0 Å². The monoisotopic (exact) mass is 430 g/mol. The quantitative estimate of drug-likeness (QED) is 0.674. The summed E-state index contributed by atoms with van der Waals surface area (Å²) < 4.78 is 30.3. The number of benzene rings is 2. The van der Waals surface area contributed by atoms with Gasteiger partial charge < -0.3 is 9.47 Å². The van der Waals surface area contributed by atoms with Crippen LogP contribution in [-0.4, -0.2) is 30.6 Å². The third-order valence-corrected chi connectivity index (χ3v) is 6.82. The first kappa shape index (κ1) is 19.9. The summed E-state index contributed by atoms with van der Waals surface area (Å²) in [6, 6.07) is 15.7. The van der Waals surface area contributed by atoms with Crippen molar-refractivity contribution in [1.29, 1.82) is 0 Å². The molecule has 1 aromatic heterocycles. The van der Waals surface area contributed by atoms with Crippen LogP contribution in [0.2, 0.25) is 5.02 Å². The predicted molar refractivity (Wildman–Crippen MR) is 115 cm³/mol. The fraction of sp³-hybridized carbons (Fsp3) is 0.286. The van der Waals surface area contributed by atoms with E-state index in [-0.39, 0.29) is 11.1 Å². The van der Waals surface area contributed by atoms with Gasteiger partial charge in [0, 0.05) is 43.1 Å². The summed E-state index contributed by atoms with van der Waals surface area (Å²) in [4.78, 5) is 6.37. The molecule has 29 heavy (non-hydrogen) atoms. The second-order valence-electron chi connectivity index (χ2n) is 7.40. The summed E-state index contributed by atoms with van der Waals surface area (Å²) in [5.41, 5.74) is 3.28. The lowest BCUT2D eigenvalue weighted by Gasteiger charge is -2.36. The maximum absolute atomic E-state index is 12.9. The third kappa shape index (κ3) is 4.32. The van der Waals surface area contributed by atoms with Crippen molar-refractivity contribution in [2.24, 2.45) is 7.05 Å². The van der Waals surface area contributed by atoms with Gasteiger partial charge >= 0.3 is 0 Å². The van der Waals surface area contributed by atoms with Gasteiger partial charge in [-0.3, -0.25) is 0 Å². The molecule has 1 unspecified atom stereocenters. The highest BCUT2D eigenvalue weighted by Crippen LogP contribution is 2.31. The lowest BCUT2D eigenvalue weighted by Crippen LogP contribution is -2.48. The molecule has 1 N–H and O–H groups in total. The second kappa shape index (κ2) is 7.82. The van der Waals surface area contributed by atoms with Crippen molar-refractivity contribution in [3.05, 3.63) is 76.7 Å². The van der Waals surface area contributed by atoms with Crippen LogP contribution in [0, 0.1) is 6.92 Å². The Bertz CT molecular complexity index is 1110. The van der Waals surface area contributed by atoms with Crippen molar-refractivity contribution in [3.8, 4) is 0 Å². The van der Waals surface area contributed by atoms with Crippen LogP contribution in [0.25, 0.3) is 0 Å². The Balaban J connectivity index is 1.62. The number of halogens is 1. The summed E-state index contributed by atoms with van der Waals surface area (Å²) in [6.45, 7) is 3.03. The summed E-state index contributed by atoms with van der Waals surface area (Å²) in [5, 5.41) is 0.691. The lowest BCUT2D eigenvalue weighted by atomic mass is 9.98. The Morgan fingerprint density at radius 2 is 1.97 bits per heavy atom. The summed E-state index contributed by atoms with van der Waals surface area (Å²) in [7, 11) is -1.93. The van der Waals surface area contributed by atoms with Gasteiger partial charge in [-0.2, -0.15) is 0 Å². The number of hydrogen-bond donors (Lipinski definition) is 1. The number of aryl methyl sites for hydroxylation is 2. The molecule has 2 heterocycles. The first-order valence-electron chi connectivity index (χ1n) is 9.41.